The molecule has 1 aliphatic rings. The van der Waals surface area contributed by atoms with Crippen LogP contribution in [0, 0.1) is 13.8 Å². The van der Waals surface area contributed by atoms with Gasteiger partial charge < -0.3 is 5.73 Å². The van der Waals surface area contributed by atoms with Crippen LogP contribution in [0.3, 0.4) is 0 Å². The standard InChI is InChI=1S/C16H15N3/c1-10-7-8-11(2)14(9-10)18-16-13-6-4-3-5-12(13)15(17)19-16/h3-9H,1-2H3,(H2,17,18,19). The minimum Gasteiger partial charge on any atom is -0.383 e. The van der Waals surface area contributed by atoms with E-state index in [0.717, 1.165) is 22.4 Å². The molecule has 1 aliphatic heterocycles. The quantitative estimate of drug-likeness (QED) is 0.829. The molecule has 0 saturated heterocycles. The second-order valence-corrected chi connectivity index (χ2v) is 4.77. The van der Waals surface area contributed by atoms with Crippen LogP contribution in [0.25, 0.3) is 0 Å². The number of aliphatic imine (C=N–C) groups is 2. The van der Waals surface area contributed by atoms with Crippen molar-refractivity contribution >= 4 is 17.4 Å². The molecule has 3 nitrogen and oxygen atoms in total. The van der Waals surface area contributed by atoms with Gasteiger partial charge in [0.25, 0.3) is 0 Å². The number of aryl methyl sites for hydroxylation is 2. The summed E-state index contributed by atoms with van der Waals surface area (Å²) in [5.41, 5.74) is 11.2. The Morgan fingerprint density at radius 3 is 2.53 bits per heavy atom. The van der Waals surface area contributed by atoms with Crippen LogP contribution in [0.1, 0.15) is 22.3 Å². The smallest absolute Gasteiger partial charge is 0.162 e. The summed E-state index contributed by atoms with van der Waals surface area (Å²) >= 11 is 0. The summed E-state index contributed by atoms with van der Waals surface area (Å²) < 4.78 is 0. The van der Waals surface area contributed by atoms with E-state index in [0.29, 0.717) is 11.7 Å². The molecule has 0 fully saturated rings. The van der Waals surface area contributed by atoms with Gasteiger partial charge in [0.05, 0.1) is 5.69 Å². The van der Waals surface area contributed by atoms with Crippen LogP contribution in [0.5, 0.6) is 0 Å². The van der Waals surface area contributed by atoms with Crippen molar-refractivity contribution < 1.29 is 0 Å². The average molecular weight is 249 g/mol. The van der Waals surface area contributed by atoms with E-state index in [9.17, 15) is 0 Å². The number of amidine groups is 2. The third kappa shape index (κ3) is 2.03. The zero-order valence-corrected chi connectivity index (χ0v) is 11.0. The van der Waals surface area contributed by atoms with Crippen molar-refractivity contribution in [2.75, 3.05) is 0 Å². The fraction of sp³-hybridized carbons (Fsp3) is 0.125. The third-order valence-corrected chi connectivity index (χ3v) is 3.26. The number of rotatable bonds is 1. The molecule has 3 heteroatoms. The monoisotopic (exact) mass is 249 g/mol. The largest absolute Gasteiger partial charge is 0.383 e. The van der Waals surface area contributed by atoms with Crippen molar-refractivity contribution in [3.8, 4) is 0 Å². The predicted octanol–water partition coefficient (Wildman–Crippen LogP) is 3.10. The Morgan fingerprint density at radius 2 is 1.74 bits per heavy atom. The molecule has 2 N–H and O–H groups in total. The molecule has 1 heterocycles. The van der Waals surface area contributed by atoms with Gasteiger partial charge in [0.15, 0.2) is 5.84 Å². The lowest BCUT2D eigenvalue weighted by Gasteiger charge is -2.03. The zero-order chi connectivity index (χ0) is 13.4. The zero-order valence-electron chi connectivity index (χ0n) is 11.0. The normalized spacial score (nSPS) is 15.5. The first-order valence-corrected chi connectivity index (χ1v) is 6.25. The van der Waals surface area contributed by atoms with Crippen LogP contribution in [0.2, 0.25) is 0 Å². The van der Waals surface area contributed by atoms with Crippen LogP contribution in [0.4, 0.5) is 5.69 Å². The summed E-state index contributed by atoms with van der Waals surface area (Å²) in [7, 11) is 0. The number of hydrogen-bond acceptors (Lipinski definition) is 2. The number of hydrogen-bond donors (Lipinski definition) is 1. The first-order chi connectivity index (χ1) is 9.15. The minimum atomic E-state index is 0.541. The molecule has 2 aromatic rings. The van der Waals surface area contributed by atoms with Gasteiger partial charge >= 0.3 is 0 Å². The molecule has 0 amide bonds. The Balaban J connectivity index is 2.14. The molecule has 2 aromatic carbocycles. The number of benzene rings is 2. The molecule has 0 aliphatic carbocycles. The van der Waals surface area contributed by atoms with Crippen LogP contribution in [0.15, 0.2) is 52.4 Å². The maximum absolute atomic E-state index is 5.93. The van der Waals surface area contributed by atoms with Gasteiger partial charge in [-0.3, -0.25) is 0 Å². The Bertz CT molecular complexity index is 712. The molecule has 0 aromatic heterocycles. The van der Waals surface area contributed by atoms with Crippen molar-refractivity contribution in [1.82, 2.24) is 0 Å². The van der Waals surface area contributed by atoms with Crippen LogP contribution in [-0.4, -0.2) is 11.7 Å². The fourth-order valence-electron chi connectivity index (χ4n) is 2.18. The van der Waals surface area contributed by atoms with Crippen molar-refractivity contribution in [2.45, 2.75) is 13.8 Å². The van der Waals surface area contributed by atoms with Gasteiger partial charge in [0.1, 0.15) is 5.84 Å². The van der Waals surface area contributed by atoms with Gasteiger partial charge in [0.2, 0.25) is 0 Å². The van der Waals surface area contributed by atoms with Crippen LogP contribution >= 0.6 is 0 Å². The highest BCUT2D eigenvalue weighted by atomic mass is 15.0. The first kappa shape index (κ1) is 11.7. The minimum absolute atomic E-state index is 0.541. The lowest BCUT2D eigenvalue weighted by atomic mass is 10.1. The topological polar surface area (TPSA) is 50.7 Å². The second-order valence-electron chi connectivity index (χ2n) is 4.77. The molecule has 0 radical (unpaired) electrons. The predicted molar refractivity (Wildman–Crippen MR) is 79.3 cm³/mol. The van der Waals surface area contributed by atoms with E-state index >= 15 is 0 Å². The van der Waals surface area contributed by atoms with Crippen molar-refractivity contribution in [2.24, 2.45) is 15.7 Å². The van der Waals surface area contributed by atoms with E-state index in [-0.39, 0.29) is 0 Å². The highest BCUT2D eigenvalue weighted by molar-refractivity contribution is 6.22. The summed E-state index contributed by atoms with van der Waals surface area (Å²) in [6.45, 7) is 4.11. The van der Waals surface area contributed by atoms with E-state index in [1.165, 1.54) is 5.56 Å². The van der Waals surface area contributed by atoms with E-state index in [1.807, 2.05) is 31.2 Å². The van der Waals surface area contributed by atoms with Gasteiger partial charge in [-0.05, 0) is 31.0 Å². The van der Waals surface area contributed by atoms with Gasteiger partial charge in [-0.1, -0.05) is 36.4 Å². The average Bonchev–Trinajstić information content (AvgIpc) is 2.72. The van der Waals surface area contributed by atoms with Crippen molar-refractivity contribution in [3.63, 3.8) is 0 Å². The van der Waals surface area contributed by atoms with Gasteiger partial charge in [-0.25, -0.2) is 9.98 Å². The maximum atomic E-state index is 5.93. The Kier molecular flexibility index (Phi) is 2.67. The molecular weight excluding hydrogens is 234 g/mol. The summed E-state index contributed by atoms with van der Waals surface area (Å²) in [6, 6.07) is 14.1. The number of fused-ring (bicyclic) bond motifs is 1. The Labute approximate surface area is 112 Å². The second kappa shape index (κ2) is 4.35. The van der Waals surface area contributed by atoms with E-state index in [2.05, 4.69) is 35.1 Å². The lowest BCUT2D eigenvalue weighted by Crippen LogP contribution is -2.09. The van der Waals surface area contributed by atoms with Gasteiger partial charge in [0, 0.05) is 11.1 Å². The van der Waals surface area contributed by atoms with Crippen molar-refractivity contribution in [3.05, 3.63) is 64.7 Å². The molecule has 0 spiro atoms. The first-order valence-electron chi connectivity index (χ1n) is 6.25. The summed E-state index contributed by atoms with van der Waals surface area (Å²) in [5, 5.41) is 0. The molecule has 0 saturated carbocycles. The SMILES string of the molecule is Cc1ccc(C)c(N=C2N=C(N)c3ccccc32)c1. The lowest BCUT2D eigenvalue weighted by molar-refractivity contribution is 1.34. The maximum Gasteiger partial charge on any atom is 0.162 e. The molecule has 3 rings (SSSR count). The number of nitrogens with zero attached hydrogens (tertiary/aromatic N) is 2. The molecule has 0 unspecified atom stereocenters. The molecule has 0 atom stereocenters. The Hall–Kier alpha value is -2.42. The van der Waals surface area contributed by atoms with Gasteiger partial charge in [-0.15, -0.1) is 0 Å². The third-order valence-electron chi connectivity index (χ3n) is 3.26. The fourth-order valence-corrected chi connectivity index (χ4v) is 2.18. The highest BCUT2D eigenvalue weighted by Crippen LogP contribution is 2.24. The summed E-state index contributed by atoms with van der Waals surface area (Å²) in [6.07, 6.45) is 0. The van der Waals surface area contributed by atoms with E-state index < -0.39 is 0 Å². The number of nitrogens with two attached hydrogens (primary N) is 1. The molecule has 19 heavy (non-hydrogen) atoms. The summed E-state index contributed by atoms with van der Waals surface area (Å²) in [4.78, 5) is 9.03. The molecular formula is C16H15N3. The van der Waals surface area contributed by atoms with Crippen LogP contribution < -0.4 is 5.73 Å². The molecule has 0 bridgehead atoms. The van der Waals surface area contributed by atoms with Crippen LogP contribution in [-0.2, 0) is 0 Å². The summed E-state index contributed by atoms with van der Waals surface area (Å²) in [5.74, 6) is 1.24. The Morgan fingerprint density at radius 1 is 1.00 bits per heavy atom. The van der Waals surface area contributed by atoms with E-state index in [4.69, 9.17) is 5.73 Å². The van der Waals surface area contributed by atoms with E-state index in [1.54, 1.807) is 0 Å². The highest BCUT2D eigenvalue weighted by Gasteiger charge is 2.18. The molecule has 94 valence electrons. The van der Waals surface area contributed by atoms with Gasteiger partial charge in [-0.2, -0.15) is 0 Å². The van der Waals surface area contributed by atoms with Crippen molar-refractivity contribution in [1.29, 1.82) is 0 Å².